The van der Waals surface area contributed by atoms with E-state index in [2.05, 4.69) is 15.6 Å². The lowest BCUT2D eigenvalue weighted by Crippen LogP contribution is -2.39. The van der Waals surface area contributed by atoms with E-state index in [-0.39, 0.29) is 17.0 Å². The molecule has 0 aliphatic heterocycles. The van der Waals surface area contributed by atoms with Crippen LogP contribution in [0.1, 0.15) is 13.8 Å². The Bertz CT molecular complexity index is 644. The Morgan fingerprint density at radius 1 is 1.52 bits per heavy atom. The van der Waals surface area contributed by atoms with Crippen LogP contribution < -0.4 is 10.6 Å². The van der Waals surface area contributed by atoms with Crippen LogP contribution in [-0.4, -0.2) is 40.3 Å². The molecule has 0 spiro atoms. The van der Waals surface area contributed by atoms with Crippen molar-refractivity contribution in [2.45, 2.75) is 13.8 Å². The summed E-state index contributed by atoms with van der Waals surface area (Å²) in [6.07, 6.45) is 9.11. The molecule has 0 fully saturated rings. The Morgan fingerprint density at radius 2 is 2.28 bits per heavy atom. The molecule has 1 aromatic rings. The van der Waals surface area contributed by atoms with Crippen molar-refractivity contribution in [2.24, 2.45) is 5.92 Å². The van der Waals surface area contributed by atoms with E-state index in [4.69, 9.17) is 22.4 Å². The lowest BCUT2D eigenvalue weighted by atomic mass is 10.1. The summed E-state index contributed by atoms with van der Waals surface area (Å²) in [5.41, 5.74) is 1.02. The highest BCUT2D eigenvalue weighted by atomic mass is 35.5. The fraction of sp³-hybridized carbons (Fsp3) is 0.294. The third-order valence-electron chi connectivity index (χ3n) is 3.29. The predicted molar refractivity (Wildman–Crippen MR) is 102 cm³/mol. The summed E-state index contributed by atoms with van der Waals surface area (Å²) in [6, 6.07) is 3.60. The summed E-state index contributed by atoms with van der Waals surface area (Å²) < 4.78 is 0. The van der Waals surface area contributed by atoms with E-state index in [0.29, 0.717) is 18.8 Å². The number of rotatable bonds is 10. The van der Waals surface area contributed by atoms with Crippen LogP contribution in [0.5, 0.6) is 0 Å². The Morgan fingerprint density at radius 3 is 2.84 bits per heavy atom. The molecule has 0 saturated carbocycles. The summed E-state index contributed by atoms with van der Waals surface area (Å²) in [6.45, 7) is 4.42. The van der Waals surface area contributed by atoms with Gasteiger partial charge in [0.15, 0.2) is 0 Å². The van der Waals surface area contributed by atoms with Gasteiger partial charge >= 0.3 is 0 Å². The molecule has 1 rings (SSSR count). The topological polar surface area (TPSA) is 105 Å². The van der Waals surface area contributed by atoms with E-state index >= 15 is 0 Å². The third kappa shape index (κ3) is 6.76. The number of hydrogen-bond donors (Lipinski definition) is 4. The molecule has 7 nitrogen and oxygen atoms in total. The molecular weight excluding hydrogens is 340 g/mol. The van der Waals surface area contributed by atoms with E-state index in [1.807, 2.05) is 13.0 Å². The number of nitrogens with one attached hydrogen (secondary N) is 4. The third-order valence-corrected chi connectivity index (χ3v) is 3.48. The van der Waals surface area contributed by atoms with E-state index in [0.717, 1.165) is 11.9 Å². The minimum Gasteiger partial charge on any atom is -0.390 e. The second kappa shape index (κ2) is 11.0. The van der Waals surface area contributed by atoms with Gasteiger partial charge in [0.05, 0.1) is 23.5 Å². The molecule has 1 amide bonds. The van der Waals surface area contributed by atoms with E-state index in [1.54, 1.807) is 31.6 Å². The van der Waals surface area contributed by atoms with Crippen LogP contribution in [0.25, 0.3) is 0 Å². The molecule has 0 saturated heterocycles. The SMILES string of the molecule is CCN(C(=O)C(C)CN/C=C\C=N)/C(=C/Nc1cccnc1)C(=N)Cl. The number of carbonyl (C=O) groups excluding carboxylic acids is 1. The number of nitrogens with zero attached hydrogens (tertiary/aromatic N) is 2. The van der Waals surface area contributed by atoms with Crippen molar-refractivity contribution in [3.8, 4) is 0 Å². The maximum atomic E-state index is 12.7. The standard InChI is InChI=1S/C17H23ClN6O/c1-3-24(17(25)13(2)10-21-9-5-7-19)15(16(18)20)12-23-14-6-4-8-22-11-14/h4-9,11-13,19-21,23H,3,10H2,1-2H3/b9-5-,15-12+,19-7?,20-16?. The van der Waals surface area contributed by atoms with Gasteiger partial charge in [-0.2, -0.15) is 0 Å². The van der Waals surface area contributed by atoms with Gasteiger partial charge in [-0.05, 0) is 31.3 Å². The number of pyridine rings is 1. The summed E-state index contributed by atoms with van der Waals surface area (Å²) in [5.74, 6) is -0.476. The molecule has 4 N–H and O–H groups in total. The van der Waals surface area contributed by atoms with Crippen LogP contribution >= 0.6 is 11.6 Å². The smallest absolute Gasteiger partial charge is 0.231 e. The molecule has 1 heterocycles. The monoisotopic (exact) mass is 362 g/mol. The van der Waals surface area contributed by atoms with Crippen molar-refractivity contribution in [2.75, 3.05) is 18.4 Å². The lowest BCUT2D eigenvalue weighted by molar-refractivity contribution is -0.132. The molecule has 1 unspecified atom stereocenters. The van der Waals surface area contributed by atoms with Crippen molar-refractivity contribution in [1.29, 1.82) is 10.8 Å². The second-order valence-corrected chi connectivity index (χ2v) is 5.53. The minimum atomic E-state index is -0.326. The van der Waals surface area contributed by atoms with Crippen molar-refractivity contribution < 1.29 is 4.79 Å². The van der Waals surface area contributed by atoms with Crippen LogP contribution in [0.2, 0.25) is 0 Å². The molecule has 0 aliphatic rings. The number of anilines is 1. The van der Waals surface area contributed by atoms with E-state index in [1.165, 1.54) is 17.2 Å². The molecule has 0 radical (unpaired) electrons. The van der Waals surface area contributed by atoms with Gasteiger partial charge in [0.2, 0.25) is 5.91 Å². The fourth-order valence-electron chi connectivity index (χ4n) is 2.02. The number of amides is 1. The van der Waals surface area contributed by atoms with Crippen molar-refractivity contribution in [1.82, 2.24) is 15.2 Å². The average Bonchev–Trinajstić information content (AvgIpc) is 2.62. The van der Waals surface area contributed by atoms with Crippen LogP contribution in [0, 0.1) is 16.7 Å². The van der Waals surface area contributed by atoms with Gasteiger partial charge in [-0.25, -0.2) is 0 Å². The van der Waals surface area contributed by atoms with Gasteiger partial charge in [-0.1, -0.05) is 18.5 Å². The number of hydrogen-bond acceptors (Lipinski definition) is 6. The number of carbonyl (C=O) groups is 1. The molecule has 1 aromatic heterocycles. The first-order valence-electron chi connectivity index (χ1n) is 7.82. The predicted octanol–water partition coefficient (Wildman–Crippen LogP) is 2.79. The van der Waals surface area contributed by atoms with Gasteiger partial charge in [-0.15, -0.1) is 0 Å². The van der Waals surface area contributed by atoms with Gasteiger partial charge in [0.25, 0.3) is 0 Å². The maximum absolute atomic E-state index is 12.7. The molecule has 0 bridgehead atoms. The second-order valence-electron chi connectivity index (χ2n) is 5.15. The van der Waals surface area contributed by atoms with Crippen molar-refractivity contribution >= 4 is 34.6 Å². The highest BCUT2D eigenvalue weighted by molar-refractivity contribution is 6.68. The lowest BCUT2D eigenvalue weighted by Gasteiger charge is -2.26. The number of halogens is 1. The van der Waals surface area contributed by atoms with Crippen molar-refractivity contribution in [3.05, 3.63) is 48.7 Å². The molecule has 134 valence electrons. The van der Waals surface area contributed by atoms with Crippen LogP contribution in [-0.2, 0) is 4.79 Å². The Labute approximate surface area is 152 Å². The molecular formula is C17H23ClN6O. The van der Waals surface area contributed by atoms with E-state index in [9.17, 15) is 4.79 Å². The zero-order valence-electron chi connectivity index (χ0n) is 14.3. The van der Waals surface area contributed by atoms with Gasteiger partial charge in [0.1, 0.15) is 5.17 Å². The molecule has 8 heteroatoms. The van der Waals surface area contributed by atoms with E-state index < -0.39 is 0 Å². The summed E-state index contributed by atoms with van der Waals surface area (Å²) in [7, 11) is 0. The zero-order chi connectivity index (χ0) is 18.7. The van der Waals surface area contributed by atoms with Crippen LogP contribution in [0.15, 0.2) is 48.7 Å². The minimum absolute atomic E-state index is 0.150. The highest BCUT2D eigenvalue weighted by Gasteiger charge is 2.23. The number of aromatic nitrogens is 1. The average molecular weight is 363 g/mol. The van der Waals surface area contributed by atoms with Gasteiger partial charge in [0, 0.05) is 31.7 Å². The molecule has 25 heavy (non-hydrogen) atoms. The summed E-state index contributed by atoms with van der Waals surface area (Å²) in [4.78, 5) is 18.1. The van der Waals surface area contributed by atoms with Crippen molar-refractivity contribution in [3.63, 3.8) is 0 Å². The first-order valence-corrected chi connectivity index (χ1v) is 8.20. The summed E-state index contributed by atoms with van der Waals surface area (Å²) >= 11 is 5.89. The largest absolute Gasteiger partial charge is 0.390 e. The van der Waals surface area contributed by atoms with Gasteiger partial charge < -0.3 is 20.9 Å². The Hall–Kier alpha value is -2.67. The Kier molecular flexibility index (Phi) is 8.95. The van der Waals surface area contributed by atoms with Gasteiger partial charge in [-0.3, -0.25) is 15.2 Å². The molecule has 0 aromatic carbocycles. The highest BCUT2D eigenvalue weighted by Crippen LogP contribution is 2.14. The normalized spacial score (nSPS) is 12.5. The summed E-state index contributed by atoms with van der Waals surface area (Å²) in [5, 5.41) is 20.4. The Balaban J connectivity index is 2.86. The quantitative estimate of drug-likeness (QED) is 0.480. The fourth-order valence-corrected chi connectivity index (χ4v) is 2.18. The first-order chi connectivity index (χ1) is 12.0. The molecule has 0 aliphatic carbocycles. The van der Waals surface area contributed by atoms with Crippen LogP contribution in [0.4, 0.5) is 5.69 Å². The zero-order valence-corrected chi connectivity index (χ0v) is 15.0. The maximum Gasteiger partial charge on any atom is 0.231 e. The molecule has 1 atom stereocenters. The number of allylic oxidation sites excluding steroid dienone is 2. The van der Waals surface area contributed by atoms with Crippen LogP contribution in [0.3, 0.4) is 0 Å². The first kappa shape index (κ1) is 20.4.